The molecule has 1 aliphatic carbocycles. The average Bonchev–Trinajstić information content (AvgIpc) is 2.68. The smallest absolute Gasteiger partial charge is 0.0682 e. The van der Waals surface area contributed by atoms with Gasteiger partial charge < -0.3 is 0 Å². The van der Waals surface area contributed by atoms with Gasteiger partial charge in [-0.2, -0.15) is 5.10 Å². The van der Waals surface area contributed by atoms with Gasteiger partial charge in [-0.15, -0.1) is 0 Å². The SMILES string of the molecule is c1ccc(NN=C2CCCCc3ccccc32)cc1. The first-order chi connectivity index (χ1) is 9.43. The molecule has 96 valence electrons. The van der Waals surface area contributed by atoms with Crippen molar-refractivity contribution < 1.29 is 0 Å². The Morgan fingerprint density at radius 3 is 2.42 bits per heavy atom. The van der Waals surface area contributed by atoms with E-state index in [1.54, 1.807) is 0 Å². The molecule has 0 spiro atoms. The van der Waals surface area contributed by atoms with Crippen molar-refractivity contribution in [2.45, 2.75) is 25.7 Å². The van der Waals surface area contributed by atoms with Gasteiger partial charge in [-0.05, 0) is 43.4 Å². The van der Waals surface area contributed by atoms with Crippen molar-refractivity contribution in [3.8, 4) is 0 Å². The number of aryl methyl sites for hydroxylation is 1. The summed E-state index contributed by atoms with van der Waals surface area (Å²) >= 11 is 0. The van der Waals surface area contributed by atoms with Gasteiger partial charge in [0.1, 0.15) is 0 Å². The molecule has 2 aromatic carbocycles. The van der Waals surface area contributed by atoms with Gasteiger partial charge in [-0.3, -0.25) is 5.43 Å². The van der Waals surface area contributed by atoms with Crippen LogP contribution in [0.15, 0.2) is 59.7 Å². The molecule has 0 bridgehead atoms. The molecule has 3 rings (SSSR count). The zero-order valence-corrected chi connectivity index (χ0v) is 11.0. The molecule has 0 fully saturated rings. The van der Waals surface area contributed by atoms with Crippen LogP contribution in [-0.2, 0) is 6.42 Å². The van der Waals surface area contributed by atoms with Gasteiger partial charge in [-0.25, -0.2) is 0 Å². The zero-order chi connectivity index (χ0) is 12.9. The predicted octanol–water partition coefficient (Wildman–Crippen LogP) is 4.23. The Kier molecular flexibility index (Phi) is 3.59. The topological polar surface area (TPSA) is 24.4 Å². The first-order valence-corrected chi connectivity index (χ1v) is 6.89. The van der Waals surface area contributed by atoms with Crippen LogP contribution >= 0.6 is 0 Å². The highest BCUT2D eigenvalue weighted by atomic mass is 15.3. The molecular formula is C17H18N2. The number of anilines is 1. The van der Waals surface area contributed by atoms with Gasteiger partial charge in [0.2, 0.25) is 0 Å². The van der Waals surface area contributed by atoms with E-state index >= 15 is 0 Å². The molecule has 1 aliphatic rings. The average molecular weight is 250 g/mol. The molecule has 2 heteroatoms. The number of rotatable bonds is 2. The van der Waals surface area contributed by atoms with E-state index in [9.17, 15) is 0 Å². The van der Waals surface area contributed by atoms with E-state index in [1.165, 1.54) is 36.1 Å². The zero-order valence-electron chi connectivity index (χ0n) is 11.0. The van der Waals surface area contributed by atoms with Crippen molar-refractivity contribution >= 4 is 11.4 Å². The van der Waals surface area contributed by atoms with Crippen molar-refractivity contribution in [3.05, 3.63) is 65.7 Å². The van der Waals surface area contributed by atoms with E-state index in [-0.39, 0.29) is 0 Å². The van der Waals surface area contributed by atoms with Crippen LogP contribution in [0.3, 0.4) is 0 Å². The van der Waals surface area contributed by atoms with Crippen molar-refractivity contribution in [2.75, 3.05) is 5.43 Å². The molecule has 0 saturated carbocycles. The van der Waals surface area contributed by atoms with E-state index in [0.29, 0.717) is 0 Å². The van der Waals surface area contributed by atoms with Gasteiger partial charge in [-0.1, -0.05) is 42.5 Å². The Bertz CT molecular complexity index is 573. The fourth-order valence-corrected chi connectivity index (χ4v) is 2.52. The largest absolute Gasteiger partial charge is 0.278 e. The number of nitrogens with zero attached hydrogens (tertiary/aromatic N) is 1. The molecule has 2 aromatic rings. The van der Waals surface area contributed by atoms with Crippen molar-refractivity contribution in [2.24, 2.45) is 5.10 Å². The second kappa shape index (κ2) is 5.70. The highest BCUT2D eigenvalue weighted by Gasteiger charge is 2.13. The van der Waals surface area contributed by atoms with Gasteiger partial charge in [0.05, 0.1) is 11.4 Å². The summed E-state index contributed by atoms with van der Waals surface area (Å²) in [6, 6.07) is 18.7. The van der Waals surface area contributed by atoms with Crippen LogP contribution in [0.4, 0.5) is 5.69 Å². The summed E-state index contributed by atoms with van der Waals surface area (Å²) in [7, 11) is 0. The van der Waals surface area contributed by atoms with Crippen LogP contribution in [0, 0.1) is 0 Å². The lowest BCUT2D eigenvalue weighted by molar-refractivity contribution is 0.776. The van der Waals surface area contributed by atoms with Crippen LogP contribution in [0.2, 0.25) is 0 Å². The molecule has 19 heavy (non-hydrogen) atoms. The molecule has 0 heterocycles. The summed E-state index contributed by atoms with van der Waals surface area (Å²) < 4.78 is 0. The number of para-hydroxylation sites is 1. The molecule has 2 nitrogen and oxygen atoms in total. The summed E-state index contributed by atoms with van der Waals surface area (Å²) in [4.78, 5) is 0. The fraction of sp³-hybridized carbons (Fsp3) is 0.235. The quantitative estimate of drug-likeness (QED) is 0.626. The van der Waals surface area contributed by atoms with E-state index in [2.05, 4.69) is 34.8 Å². The lowest BCUT2D eigenvalue weighted by atomic mass is 10.0. The maximum absolute atomic E-state index is 4.62. The first kappa shape index (κ1) is 12.0. The molecular weight excluding hydrogens is 232 g/mol. The number of fused-ring (bicyclic) bond motifs is 1. The molecule has 0 saturated heterocycles. The molecule has 0 radical (unpaired) electrons. The van der Waals surface area contributed by atoms with Gasteiger partial charge in [0.25, 0.3) is 0 Å². The minimum atomic E-state index is 1.04. The highest BCUT2D eigenvalue weighted by Crippen LogP contribution is 2.21. The normalized spacial score (nSPS) is 16.7. The Hall–Kier alpha value is -2.09. The van der Waals surface area contributed by atoms with E-state index in [1.807, 2.05) is 30.3 Å². The Morgan fingerprint density at radius 1 is 0.789 bits per heavy atom. The van der Waals surface area contributed by atoms with E-state index in [4.69, 9.17) is 0 Å². The molecule has 0 atom stereocenters. The Labute approximate surface area is 114 Å². The van der Waals surface area contributed by atoms with Crippen LogP contribution < -0.4 is 5.43 Å². The maximum Gasteiger partial charge on any atom is 0.0682 e. The standard InChI is InChI=1S/C17H18N2/c1-2-10-15(11-3-1)18-19-17-13-7-5-9-14-8-4-6-12-16(14)17/h1-4,6,8,10-12,18H,5,7,9,13H2. The first-order valence-electron chi connectivity index (χ1n) is 6.89. The van der Waals surface area contributed by atoms with E-state index < -0.39 is 0 Å². The summed E-state index contributed by atoms with van der Waals surface area (Å²) in [5.74, 6) is 0. The van der Waals surface area contributed by atoms with Crippen LogP contribution in [0.25, 0.3) is 0 Å². The lowest BCUT2D eigenvalue weighted by Crippen LogP contribution is -2.05. The van der Waals surface area contributed by atoms with Gasteiger partial charge in [0, 0.05) is 5.56 Å². The summed E-state index contributed by atoms with van der Waals surface area (Å²) in [6.45, 7) is 0. The molecule has 0 aromatic heterocycles. The second-order valence-electron chi connectivity index (χ2n) is 4.90. The monoisotopic (exact) mass is 250 g/mol. The number of nitrogens with one attached hydrogen (secondary N) is 1. The highest BCUT2D eigenvalue weighted by molar-refractivity contribution is 6.02. The second-order valence-corrected chi connectivity index (χ2v) is 4.90. The van der Waals surface area contributed by atoms with Crippen molar-refractivity contribution in [3.63, 3.8) is 0 Å². The molecule has 0 aliphatic heterocycles. The number of hydrazone groups is 1. The summed E-state index contributed by atoms with van der Waals surface area (Å²) in [5.41, 5.74) is 8.12. The van der Waals surface area contributed by atoms with Crippen LogP contribution in [0.5, 0.6) is 0 Å². The van der Waals surface area contributed by atoms with Crippen molar-refractivity contribution in [1.29, 1.82) is 0 Å². The Balaban J connectivity index is 1.88. The summed E-state index contributed by atoms with van der Waals surface area (Å²) in [5, 5.41) is 4.62. The molecule has 1 N–H and O–H groups in total. The third kappa shape index (κ3) is 2.84. The Morgan fingerprint density at radius 2 is 1.53 bits per heavy atom. The minimum absolute atomic E-state index is 1.04. The van der Waals surface area contributed by atoms with Gasteiger partial charge >= 0.3 is 0 Å². The van der Waals surface area contributed by atoms with Gasteiger partial charge in [0.15, 0.2) is 0 Å². The maximum atomic E-state index is 4.62. The van der Waals surface area contributed by atoms with E-state index in [0.717, 1.165) is 12.1 Å². The number of benzene rings is 2. The number of hydrogen-bond donors (Lipinski definition) is 1. The third-order valence-corrected chi connectivity index (χ3v) is 3.53. The third-order valence-electron chi connectivity index (χ3n) is 3.53. The van der Waals surface area contributed by atoms with Crippen LogP contribution in [-0.4, -0.2) is 5.71 Å². The lowest BCUT2D eigenvalue weighted by Gasteiger charge is -2.08. The molecule has 0 unspecified atom stereocenters. The summed E-state index contributed by atoms with van der Waals surface area (Å²) in [6.07, 6.45) is 4.68. The predicted molar refractivity (Wildman–Crippen MR) is 80.6 cm³/mol. The fourth-order valence-electron chi connectivity index (χ4n) is 2.52. The minimum Gasteiger partial charge on any atom is -0.278 e. The molecule has 0 amide bonds. The van der Waals surface area contributed by atoms with Crippen LogP contribution in [0.1, 0.15) is 30.4 Å². The number of hydrogen-bond acceptors (Lipinski definition) is 2. The van der Waals surface area contributed by atoms with Crippen molar-refractivity contribution in [1.82, 2.24) is 0 Å².